The van der Waals surface area contributed by atoms with Crippen molar-refractivity contribution in [3.63, 3.8) is 0 Å². The van der Waals surface area contributed by atoms with Gasteiger partial charge in [-0.2, -0.15) is 11.8 Å². The first kappa shape index (κ1) is 13.3. The minimum absolute atomic E-state index is 0.675. The molecule has 19 heavy (non-hydrogen) atoms. The summed E-state index contributed by atoms with van der Waals surface area (Å²) in [6, 6.07) is 0.675. The molecule has 1 aliphatic carbocycles. The molecule has 2 aliphatic rings. The Morgan fingerprint density at radius 2 is 2.11 bits per heavy atom. The summed E-state index contributed by atoms with van der Waals surface area (Å²) in [4.78, 5) is 4.69. The van der Waals surface area contributed by atoms with Gasteiger partial charge in [-0.1, -0.05) is 19.3 Å². The zero-order valence-electron chi connectivity index (χ0n) is 11.9. The number of hydrogen-bond acceptors (Lipinski definition) is 3. The Morgan fingerprint density at radius 3 is 2.84 bits per heavy atom. The third kappa shape index (κ3) is 3.28. The fourth-order valence-corrected chi connectivity index (χ4v) is 4.50. The lowest BCUT2D eigenvalue weighted by Gasteiger charge is -2.25. The fourth-order valence-electron chi connectivity index (χ4n) is 3.29. The van der Waals surface area contributed by atoms with Gasteiger partial charge < -0.3 is 9.88 Å². The zero-order valence-corrected chi connectivity index (χ0v) is 12.7. The number of aromatic nitrogens is 2. The van der Waals surface area contributed by atoms with E-state index in [9.17, 15) is 0 Å². The van der Waals surface area contributed by atoms with Gasteiger partial charge in [-0.25, -0.2) is 4.98 Å². The highest BCUT2D eigenvalue weighted by Gasteiger charge is 2.20. The van der Waals surface area contributed by atoms with Gasteiger partial charge in [-0.15, -0.1) is 0 Å². The van der Waals surface area contributed by atoms with Crippen molar-refractivity contribution in [3.05, 3.63) is 11.9 Å². The van der Waals surface area contributed by atoms with E-state index in [2.05, 4.69) is 39.8 Å². The molecule has 106 valence electrons. The van der Waals surface area contributed by atoms with Crippen LogP contribution in [0.5, 0.6) is 0 Å². The van der Waals surface area contributed by atoms with Gasteiger partial charge in [-0.3, -0.25) is 0 Å². The number of aryl methyl sites for hydroxylation is 1. The molecular formula is C15H25N3S. The van der Waals surface area contributed by atoms with Crippen LogP contribution in [0.15, 0.2) is 6.20 Å². The Hall–Kier alpha value is -0.640. The minimum Gasteiger partial charge on any atom is -0.355 e. The number of imidazole rings is 1. The summed E-state index contributed by atoms with van der Waals surface area (Å²) in [5.74, 6) is 2.44. The summed E-state index contributed by atoms with van der Waals surface area (Å²) >= 11 is 2.11. The van der Waals surface area contributed by atoms with Gasteiger partial charge in [0.15, 0.2) is 0 Å². The van der Waals surface area contributed by atoms with E-state index in [0.29, 0.717) is 6.04 Å². The minimum atomic E-state index is 0.675. The van der Waals surface area contributed by atoms with Gasteiger partial charge in [0.2, 0.25) is 5.95 Å². The van der Waals surface area contributed by atoms with Crippen LogP contribution in [0.3, 0.4) is 0 Å². The molecule has 1 saturated carbocycles. The summed E-state index contributed by atoms with van der Waals surface area (Å²) < 4.78 is 2.41. The monoisotopic (exact) mass is 279 g/mol. The highest BCUT2D eigenvalue weighted by molar-refractivity contribution is 8.00. The molecule has 0 radical (unpaired) electrons. The first-order valence-corrected chi connectivity index (χ1v) is 8.79. The Balaban J connectivity index is 1.65. The molecular weight excluding hydrogens is 254 g/mol. The van der Waals surface area contributed by atoms with Crippen LogP contribution in [-0.2, 0) is 0 Å². The third-order valence-corrected chi connectivity index (χ3v) is 5.73. The topological polar surface area (TPSA) is 29.9 Å². The molecule has 0 amide bonds. The van der Waals surface area contributed by atoms with Crippen LogP contribution in [0.25, 0.3) is 0 Å². The number of nitrogens with one attached hydrogen (secondary N) is 1. The van der Waals surface area contributed by atoms with Gasteiger partial charge in [0, 0.05) is 24.0 Å². The van der Waals surface area contributed by atoms with Crippen LogP contribution in [-0.4, -0.2) is 27.1 Å². The molecule has 1 unspecified atom stereocenters. The van der Waals surface area contributed by atoms with Crippen molar-refractivity contribution in [2.45, 2.75) is 63.2 Å². The third-order valence-electron chi connectivity index (χ3n) is 4.33. The van der Waals surface area contributed by atoms with E-state index in [1.807, 2.05) is 0 Å². The predicted molar refractivity (Wildman–Crippen MR) is 83.1 cm³/mol. The second kappa shape index (κ2) is 6.21. The smallest absolute Gasteiger partial charge is 0.203 e. The quantitative estimate of drug-likeness (QED) is 0.903. The molecule has 2 fully saturated rings. The van der Waals surface area contributed by atoms with E-state index in [0.717, 1.165) is 23.4 Å². The molecule has 2 heterocycles. The molecule has 0 bridgehead atoms. The van der Waals surface area contributed by atoms with E-state index in [4.69, 9.17) is 0 Å². The Kier molecular flexibility index (Phi) is 4.36. The van der Waals surface area contributed by atoms with Crippen molar-refractivity contribution in [2.75, 3.05) is 17.6 Å². The SMILES string of the molecule is Cc1cn(C2CCCCC2)c(NCC2CCCS2)n1. The van der Waals surface area contributed by atoms with Crippen molar-refractivity contribution in [2.24, 2.45) is 0 Å². The first-order valence-electron chi connectivity index (χ1n) is 7.74. The lowest BCUT2D eigenvalue weighted by atomic mass is 9.95. The van der Waals surface area contributed by atoms with Gasteiger partial charge in [-0.05, 0) is 38.4 Å². The number of hydrogen-bond donors (Lipinski definition) is 1. The fraction of sp³-hybridized carbons (Fsp3) is 0.800. The van der Waals surface area contributed by atoms with Crippen LogP contribution in [0.2, 0.25) is 0 Å². The number of rotatable bonds is 4. The molecule has 1 N–H and O–H groups in total. The lowest BCUT2D eigenvalue weighted by Crippen LogP contribution is -2.19. The van der Waals surface area contributed by atoms with E-state index in [-0.39, 0.29) is 0 Å². The molecule has 1 atom stereocenters. The van der Waals surface area contributed by atoms with E-state index >= 15 is 0 Å². The Labute approximate surface area is 120 Å². The second-order valence-electron chi connectivity index (χ2n) is 5.92. The summed E-state index contributed by atoms with van der Waals surface area (Å²) in [6.45, 7) is 3.18. The number of thioether (sulfide) groups is 1. The highest BCUT2D eigenvalue weighted by Crippen LogP contribution is 2.31. The first-order chi connectivity index (χ1) is 9.33. The summed E-state index contributed by atoms with van der Waals surface area (Å²) in [7, 11) is 0. The molecule has 1 saturated heterocycles. The maximum absolute atomic E-state index is 4.69. The van der Waals surface area contributed by atoms with Crippen molar-refractivity contribution in [1.29, 1.82) is 0 Å². The maximum atomic E-state index is 4.69. The summed E-state index contributed by atoms with van der Waals surface area (Å²) in [6.07, 6.45) is 11.8. The summed E-state index contributed by atoms with van der Waals surface area (Å²) in [5, 5.41) is 4.39. The average Bonchev–Trinajstić information content (AvgIpc) is 3.06. The van der Waals surface area contributed by atoms with Gasteiger partial charge in [0.05, 0.1) is 5.69 Å². The van der Waals surface area contributed by atoms with Crippen LogP contribution < -0.4 is 5.32 Å². The maximum Gasteiger partial charge on any atom is 0.203 e. The molecule has 4 heteroatoms. The van der Waals surface area contributed by atoms with Crippen molar-refractivity contribution >= 4 is 17.7 Å². The zero-order chi connectivity index (χ0) is 13.1. The van der Waals surface area contributed by atoms with Crippen LogP contribution in [0.4, 0.5) is 5.95 Å². The normalized spacial score (nSPS) is 24.8. The van der Waals surface area contributed by atoms with E-state index in [1.165, 1.54) is 50.7 Å². The van der Waals surface area contributed by atoms with Crippen LogP contribution >= 0.6 is 11.8 Å². The van der Waals surface area contributed by atoms with Gasteiger partial charge in [0.1, 0.15) is 0 Å². The van der Waals surface area contributed by atoms with Crippen LogP contribution in [0, 0.1) is 6.92 Å². The molecule has 0 aromatic carbocycles. The molecule has 3 rings (SSSR count). The van der Waals surface area contributed by atoms with Crippen molar-refractivity contribution < 1.29 is 0 Å². The molecule has 3 nitrogen and oxygen atoms in total. The molecule has 1 aliphatic heterocycles. The molecule has 1 aromatic rings. The van der Waals surface area contributed by atoms with E-state index < -0.39 is 0 Å². The number of nitrogens with zero attached hydrogens (tertiary/aromatic N) is 2. The van der Waals surface area contributed by atoms with E-state index in [1.54, 1.807) is 0 Å². The summed E-state index contributed by atoms with van der Waals surface area (Å²) in [5.41, 5.74) is 1.15. The Bertz CT molecular complexity index is 404. The Morgan fingerprint density at radius 1 is 1.26 bits per heavy atom. The lowest BCUT2D eigenvalue weighted by molar-refractivity contribution is 0.355. The predicted octanol–water partition coefficient (Wildman–Crippen LogP) is 4.00. The van der Waals surface area contributed by atoms with Crippen molar-refractivity contribution in [1.82, 2.24) is 9.55 Å². The van der Waals surface area contributed by atoms with Gasteiger partial charge >= 0.3 is 0 Å². The van der Waals surface area contributed by atoms with Gasteiger partial charge in [0.25, 0.3) is 0 Å². The second-order valence-corrected chi connectivity index (χ2v) is 7.33. The molecule has 1 aromatic heterocycles. The average molecular weight is 279 g/mol. The number of anilines is 1. The van der Waals surface area contributed by atoms with Crippen molar-refractivity contribution in [3.8, 4) is 0 Å². The molecule has 0 spiro atoms. The standard InChI is InChI=1S/C15H25N3S/c1-12-11-18(13-6-3-2-4-7-13)15(17-12)16-10-14-8-5-9-19-14/h11,13-14H,2-10H2,1H3,(H,16,17). The van der Waals surface area contributed by atoms with Crippen LogP contribution in [0.1, 0.15) is 56.7 Å². The largest absolute Gasteiger partial charge is 0.355 e. The highest BCUT2D eigenvalue weighted by atomic mass is 32.2.